The van der Waals surface area contributed by atoms with E-state index >= 15 is 0 Å². The third-order valence-electron chi connectivity index (χ3n) is 6.70. The summed E-state index contributed by atoms with van der Waals surface area (Å²) in [6.45, 7) is 0. The summed E-state index contributed by atoms with van der Waals surface area (Å²) in [5.41, 5.74) is 6.05. The van der Waals surface area contributed by atoms with Crippen molar-refractivity contribution in [1.29, 1.82) is 0 Å². The number of rotatable bonds is 4. The van der Waals surface area contributed by atoms with Crippen LogP contribution < -0.4 is 0 Å². The molecule has 0 N–H and O–H groups in total. The van der Waals surface area contributed by atoms with Crippen molar-refractivity contribution in [2.75, 3.05) is 0 Å². The number of pyridine rings is 2. The van der Waals surface area contributed by atoms with E-state index in [1.807, 2.05) is 18.2 Å². The summed E-state index contributed by atoms with van der Waals surface area (Å²) in [5.74, 6) is 0. The van der Waals surface area contributed by atoms with Crippen molar-refractivity contribution >= 4 is 44.3 Å². The molecule has 0 saturated carbocycles. The van der Waals surface area contributed by atoms with E-state index in [-0.39, 0.29) is 0 Å². The molecule has 0 radical (unpaired) electrons. The molecule has 0 aliphatic rings. The second kappa shape index (κ2) is 9.20. The zero-order chi connectivity index (χ0) is 24.6. The van der Waals surface area contributed by atoms with Crippen LogP contribution in [0.2, 0.25) is 0 Å². The predicted octanol–water partition coefficient (Wildman–Crippen LogP) is 9.42. The summed E-state index contributed by atoms with van der Waals surface area (Å²) in [4.78, 5) is 12.5. The maximum Gasteiger partial charge on any atom is 0.0900 e. The highest BCUT2D eigenvalue weighted by Gasteiger charge is 2.14. The van der Waals surface area contributed by atoms with E-state index in [1.54, 1.807) is 11.8 Å². The van der Waals surface area contributed by atoms with Crippen LogP contribution in [0.5, 0.6) is 0 Å². The van der Waals surface area contributed by atoms with Crippen LogP contribution in [0.25, 0.3) is 55.1 Å². The molecule has 7 rings (SSSR count). The van der Waals surface area contributed by atoms with Gasteiger partial charge < -0.3 is 0 Å². The van der Waals surface area contributed by atoms with Gasteiger partial charge in [-0.05, 0) is 70.4 Å². The molecule has 3 heteroatoms. The number of nitrogens with zero attached hydrogens (tertiary/aromatic N) is 2. The molecular weight excluding hydrogens is 468 g/mol. The molecule has 0 fully saturated rings. The summed E-state index contributed by atoms with van der Waals surface area (Å²) in [7, 11) is 0. The molecule has 0 atom stereocenters. The zero-order valence-corrected chi connectivity index (χ0v) is 20.8. The van der Waals surface area contributed by atoms with Crippen molar-refractivity contribution in [1.82, 2.24) is 9.97 Å². The van der Waals surface area contributed by atoms with E-state index in [1.165, 1.54) is 37.1 Å². The fourth-order valence-corrected chi connectivity index (χ4v) is 5.74. The molecule has 0 aliphatic heterocycles. The van der Waals surface area contributed by atoms with Gasteiger partial charge in [0.1, 0.15) is 0 Å². The minimum absolute atomic E-state index is 0.881. The number of hydrogen-bond acceptors (Lipinski definition) is 3. The van der Waals surface area contributed by atoms with Crippen molar-refractivity contribution in [3.63, 3.8) is 0 Å². The van der Waals surface area contributed by atoms with Crippen LogP contribution in [0.1, 0.15) is 0 Å². The minimum Gasteiger partial charge on any atom is -0.246 e. The lowest BCUT2D eigenvalue weighted by molar-refractivity contribution is 1.32. The Morgan fingerprint density at radius 3 is 2.00 bits per heavy atom. The van der Waals surface area contributed by atoms with Crippen LogP contribution in [-0.2, 0) is 0 Å². The quantitative estimate of drug-likeness (QED) is 0.230. The number of benzene rings is 5. The van der Waals surface area contributed by atoms with E-state index in [0.717, 1.165) is 27.8 Å². The third kappa shape index (κ3) is 4.14. The lowest BCUT2D eigenvalue weighted by Gasteiger charge is -2.13. The highest BCUT2D eigenvalue weighted by Crippen LogP contribution is 2.37. The molecule has 0 saturated heterocycles. The lowest BCUT2D eigenvalue weighted by atomic mass is 9.95. The Bertz CT molecular complexity index is 1890. The standard InChI is InChI=1S/C34H22N2S/c1-2-10-26(11-3-1)37-27-18-14-24(15-19-27)29-22-33(31-20-17-25-9-5-7-13-30(25)35-31)36-32-21-16-23-8-4-6-12-28(23)34(29)32/h1-22H. The molecule has 7 aromatic rings. The van der Waals surface area contributed by atoms with Crippen LogP contribution in [0.15, 0.2) is 143 Å². The summed E-state index contributed by atoms with van der Waals surface area (Å²) in [6, 6.07) is 46.8. The maximum atomic E-state index is 5.10. The Kier molecular flexibility index (Phi) is 5.41. The Balaban J connectivity index is 1.41. The average Bonchev–Trinajstić information content (AvgIpc) is 2.97. The van der Waals surface area contributed by atoms with Crippen molar-refractivity contribution in [2.24, 2.45) is 0 Å². The summed E-state index contributed by atoms with van der Waals surface area (Å²) in [6.07, 6.45) is 0. The summed E-state index contributed by atoms with van der Waals surface area (Å²) < 4.78 is 0. The number of aromatic nitrogens is 2. The van der Waals surface area contributed by atoms with Crippen molar-refractivity contribution in [2.45, 2.75) is 9.79 Å². The fraction of sp³-hybridized carbons (Fsp3) is 0. The molecule has 0 aliphatic carbocycles. The largest absolute Gasteiger partial charge is 0.246 e. The molecule has 2 heterocycles. The summed E-state index contributed by atoms with van der Waals surface area (Å²) >= 11 is 1.78. The van der Waals surface area contributed by atoms with E-state index in [2.05, 4.69) is 115 Å². The van der Waals surface area contributed by atoms with E-state index in [4.69, 9.17) is 9.97 Å². The van der Waals surface area contributed by atoms with Crippen LogP contribution >= 0.6 is 11.8 Å². The second-order valence-electron chi connectivity index (χ2n) is 9.06. The Labute approximate surface area is 219 Å². The molecule has 0 spiro atoms. The van der Waals surface area contributed by atoms with E-state index < -0.39 is 0 Å². The fourth-order valence-electron chi connectivity index (χ4n) is 4.90. The lowest BCUT2D eigenvalue weighted by Crippen LogP contribution is -1.93. The van der Waals surface area contributed by atoms with Gasteiger partial charge >= 0.3 is 0 Å². The minimum atomic E-state index is 0.881. The van der Waals surface area contributed by atoms with Gasteiger partial charge in [0.05, 0.1) is 22.4 Å². The number of hydrogen-bond donors (Lipinski definition) is 0. The molecule has 2 nitrogen and oxygen atoms in total. The van der Waals surface area contributed by atoms with Gasteiger partial charge in [-0.2, -0.15) is 0 Å². The van der Waals surface area contributed by atoms with E-state index in [0.29, 0.717) is 0 Å². The molecule has 0 amide bonds. The normalized spacial score (nSPS) is 11.4. The highest BCUT2D eigenvalue weighted by molar-refractivity contribution is 7.99. The molecule has 174 valence electrons. The summed E-state index contributed by atoms with van der Waals surface area (Å²) in [5, 5.41) is 4.73. The maximum absolute atomic E-state index is 5.10. The monoisotopic (exact) mass is 490 g/mol. The molecule has 0 unspecified atom stereocenters. The van der Waals surface area contributed by atoms with Gasteiger partial charge in [-0.15, -0.1) is 0 Å². The Morgan fingerprint density at radius 2 is 1.14 bits per heavy atom. The first-order valence-electron chi connectivity index (χ1n) is 12.3. The number of para-hydroxylation sites is 1. The topological polar surface area (TPSA) is 25.8 Å². The van der Waals surface area contributed by atoms with Gasteiger partial charge in [0.15, 0.2) is 0 Å². The van der Waals surface area contributed by atoms with Gasteiger partial charge in [-0.25, -0.2) is 9.97 Å². The van der Waals surface area contributed by atoms with Crippen LogP contribution in [0.4, 0.5) is 0 Å². The van der Waals surface area contributed by atoms with Gasteiger partial charge in [-0.1, -0.05) is 96.7 Å². The molecular formula is C34H22N2S. The van der Waals surface area contributed by atoms with Gasteiger partial charge in [0.2, 0.25) is 0 Å². The predicted molar refractivity (Wildman–Crippen MR) is 156 cm³/mol. The van der Waals surface area contributed by atoms with Crippen LogP contribution in [0.3, 0.4) is 0 Å². The van der Waals surface area contributed by atoms with Crippen LogP contribution in [0, 0.1) is 0 Å². The van der Waals surface area contributed by atoms with Gasteiger partial charge in [0, 0.05) is 20.6 Å². The average molecular weight is 491 g/mol. The first-order valence-corrected chi connectivity index (χ1v) is 13.2. The molecule has 5 aromatic carbocycles. The highest BCUT2D eigenvalue weighted by atomic mass is 32.2. The number of fused-ring (bicyclic) bond motifs is 4. The van der Waals surface area contributed by atoms with Crippen LogP contribution in [-0.4, -0.2) is 9.97 Å². The Hall–Kier alpha value is -4.47. The van der Waals surface area contributed by atoms with Gasteiger partial charge in [0.25, 0.3) is 0 Å². The molecule has 2 aromatic heterocycles. The van der Waals surface area contributed by atoms with Crippen molar-refractivity contribution in [3.05, 3.63) is 133 Å². The van der Waals surface area contributed by atoms with Crippen molar-refractivity contribution < 1.29 is 0 Å². The SMILES string of the molecule is c1ccc(Sc2ccc(-c3cc(-c4ccc5ccccc5n4)nc4ccc5ccccc5c34)cc2)cc1. The first kappa shape index (κ1) is 21.8. The Morgan fingerprint density at radius 1 is 0.459 bits per heavy atom. The molecule has 0 bridgehead atoms. The third-order valence-corrected chi connectivity index (χ3v) is 7.72. The zero-order valence-electron chi connectivity index (χ0n) is 20.0. The van der Waals surface area contributed by atoms with Crippen molar-refractivity contribution in [3.8, 4) is 22.5 Å². The second-order valence-corrected chi connectivity index (χ2v) is 10.2. The first-order chi connectivity index (χ1) is 18.3. The smallest absolute Gasteiger partial charge is 0.0900 e. The molecule has 37 heavy (non-hydrogen) atoms. The van der Waals surface area contributed by atoms with Gasteiger partial charge in [-0.3, -0.25) is 0 Å². The van der Waals surface area contributed by atoms with E-state index in [9.17, 15) is 0 Å².